The molecule has 1 rings (SSSR count). The highest BCUT2D eigenvalue weighted by molar-refractivity contribution is 5.75. The lowest BCUT2D eigenvalue weighted by molar-refractivity contribution is -0.119. The standard InChI is InChI=1S/C16H31N3O3/c1-15(2,3)22-14(21)19-9-7-6-8-12(19)11-18-16(4,5)10-13(17)20/h12,18H,6-11H2,1-5H3,(H2,17,20). The van der Waals surface area contributed by atoms with E-state index in [1.165, 1.54) is 0 Å². The van der Waals surface area contributed by atoms with Crippen LogP contribution in [0.1, 0.15) is 60.3 Å². The van der Waals surface area contributed by atoms with E-state index in [1.54, 1.807) is 0 Å². The number of nitrogens with one attached hydrogen (secondary N) is 1. The van der Waals surface area contributed by atoms with Gasteiger partial charge in [0.25, 0.3) is 0 Å². The number of nitrogens with zero attached hydrogens (tertiary/aromatic N) is 1. The number of nitrogens with two attached hydrogens (primary N) is 1. The molecule has 2 amide bonds. The molecule has 1 atom stereocenters. The summed E-state index contributed by atoms with van der Waals surface area (Å²) in [5.74, 6) is -0.329. The zero-order valence-electron chi connectivity index (χ0n) is 14.6. The largest absolute Gasteiger partial charge is 0.444 e. The summed E-state index contributed by atoms with van der Waals surface area (Å²) in [6.45, 7) is 10.9. The van der Waals surface area contributed by atoms with E-state index >= 15 is 0 Å². The highest BCUT2D eigenvalue weighted by atomic mass is 16.6. The van der Waals surface area contributed by atoms with Crippen LogP contribution >= 0.6 is 0 Å². The fourth-order valence-electron chi connectivity index (χ4n) is 2.67. The van der Waals surface area contributed by atoms with Crippen LogP contribution in [0, 0.1) is 0 Å². The minimum Gasteiger partial charge on any atom is -0.444 e. The number of likely N-dealkylation sites (tertiary alicyclic amines) is 1. The molecule has 128 valence electrons. The first kappa shape index (κ1) is 18.7. The smallest absolute Gasteiger partial charge is 0.410 e. The third-order valence-corrected chi connectivity index (χ3v) is 3.69. The molecule has 1 aliphatic heterocycles. The molecule has 6 heteroatoms. The molecule has 0 saturated carbocycles. The minimum absolute atomic E-state index is 0.0933. The summed E-state index contributed by atoms with van der Waals surface area (Å²) in [6, 6.07) is 0.0933. The molecule has 0 radical (unpaired) electrons. The van der Waals surface area contributed by atoms with Crippen LogP contribution in [-0.4, -0.2) is 47.2 Å². The number of hydrogen-bond donors (Lipinski definition) is 2. The number of amides is 2. The van der Waals surface area contributed by atoms with Crippen molar-refractivity contribution >= 4 is 12.0 Å². The van der Waals surface area contributed by atoms with Gasteiger partial charge in [0.05, 0.1) is 0 Å². The second-order valence-electron chi connectivity index (χ2n) is 7.73. The van der Waals surface area contributed by atoms with Crippen molar-refractivity contribution in [3.63, 3.8) is 0 Å². The van der Waals surface area contributed by atoms with Crippen molar-refractivity contribution in [2.75, 3.05) is 13.1 Å². The number of carbonyl (C=O) groups excluding carboxylic acids is 2. The molecule has 0 bridgehead atoms. The maximum Gasteiger partial charge on any atom is 0.410 e. The van der Waals surface area contributed by atoms with Crippen molar-refractivity contribution in [2.45, 2.75) is 77.5 Å². The number of rotatable bonds is 5. The first-order valence-corrected chi connectivity index (χ1v) is 8.03. The quantitative estimate of drug-likeness (QED) is 0.813. The fraction of sp³-hybridized carbons (Fsp3) is 0.875. The highest BCUT2D eigenvalue weighted by Crippen LogP contribution is 2.21. The Hall–Kier alpha value is -1.30. The van der Waals surface area contributed by atoms with E-state index in [9.17, 15) is 9.59 Å². The van der Waals surface area contributed by atoms with Crippen LogP contribution in [0.3, 0.4) is 0 Å². The number of primary amides is 1. The molecule has 0 aromatic rings. The Balaban J connectivity index is 2.62. The van der Waals surface area contributed by atoms with E-state index in [-0.39, 0.29) is 30.0 Å². The van der Waals surface area contributed by atoms with Gasteiger partial charge in [0, 0.05) is 31.1 Å². The second kappa shape index (κ2) is 7.31. The topological polar surface area (TPSA) is 84.7 Å². The summed E-state index contributed by atoms with van der Waals surface area (Å²) in [4.78, 5) is 25.2. The third kappa shape index (κ3) is 6.64. The van der Waals surface area contributed by atoms with E-state index in [2.05, 4.69) is 5.32 Å². The molecule has 0 aromatic heterocycles. The monoisotopic (exact) mass is 313 g/mol. The zero-order valence-corrected chi connectivity index (χ0v) is 14.6. The lowest BCUT2D eigenvalue weighted by Crippen LogP contribution is -2.54. The van der Waals surface area contributed by atoms with Crippen LogP contribution in [0.25, 0.3) is 0 Å². The Morgan fingerprint density at radius 1 is 1.23 bits per heavy atom. The van der Waals surface area contributed by atoms with Crippen LogP contribution in [0.4, 0.5) is 4.79 Å². The normalized spacial score (nSPS) is 19.9. The Morgan fingerprint density at radius 3 is 2.41 bits per heavy atom. The molecule has 1 fully saturated rings. The molecule has 3 N–H and O–H groups in total. The van der Waals surface area contributed by atoms with Gasteiger partial charge in [0.1, 0.15) is 5.60 Å². The van der Waals surface area contributed by atoms with Crippen molar-refractivity contribution in [2.24, 2.45) is 5.73 Å². The van der Waals surface area contributed by atoms with Crippen LogP contribution < -0.4 is 11.1 Å². The van der Waals surface area contributed by atoms with Gasteiger partial charge in [-0.1, -0.05) is 0 Å². The lowest BCUT2D eigenvalue weighted by atomic mass is 9.97. The van der Waals surface area contributed by atoms with Gasteiger partial charge in [0.15, 0.2) is 0 Å². The second-order valence-corrected chi connectivity index (χ2v) is 7.73. The average Bonchev–Trinajstić information content (AvgIpc) is 2.33. The van der Waals surface area contributed by atoms with Gasteiger partial charge >= 0.3 is 6.09 Å². The van der Waals surface area contributed by atoms with E-state index in [0.29, 0.717) is 6.54 Å². The molecular formula is C16H31N3O3. The van der Waals surface area contributed by atoms with Crippen LogP contribution in [0.2, 0.25) is 0 Å². The summed E-state index contributed by atoms with van der Waals surface area (Å²) in [6.07, 6.45) is 3.06. The Kier molecular flexibility index (Phi) is 6.23. The predicted molar refractivity (Wildman–Crippen MR) is 86.5 cm³/mol. The fourth-order valence-corrected chi connectivity index (χ4v) is 2.67. The van der Waals surface area contributed by atoms with Crippen molar-refractivity contribution in [1.82, 2.24) is 10.2 Å². The first-order valence-electron chi connectivity index (χ1n) is 8.03. The van der Waals surface area contributed by atoms with E-state index in [0.717, 1.165) is 25.8 Å². The number of piperidine rings is 1. The molecule has 0 aliphatic carbocycles. The Labute approximate surface area is 133 Å². The summed E-state index contributed by atoms with van der Waals surface area (Å²) in [5.41, 5.74) is 4.41. The van der Waals surface area contributed by atoms with Gasteiger partial charge in [-0.25, -0.2) is 4.79 Å². The van der Waals surface area contributed by atoms with E-state index in [1.807, 2.05) is 39.5 Å². The van der Waals surface area contributed by atoms with E-state index in [4.69, 9.17) is 10.5 Å². The van der Waals surface area contributed by atoms with Gasteiger partial charge in [-0.05, 0) is 53.9 Å². The zero-order chi connectivity index (χ0) is 17.0. The predicted octanol–water partition coefficient (Wildman–Crippen LogP) is 2.02. The average molecular weight is 313 g/mol. The molecular weight excluding hydrogens is 282 g/mol. The maximum atomic E-state index is 12.3. The highest BCUT2D eigenvalue weighted by Gasteiger charge is 2.31. The molecule has 0 aromatic carbocycles. The number of ether oxygens (including phenoxy) is 1. The van der Waals surface area contributed by atoms with Crippen molar-refractivity contribution < 1.29 is 14.3 Å². The number of carbonyl (C=O) groups is 2. The molecule has 1 aliphatic rings. The van der Waals surface area contributed by atoms with Crippen LogP contribution in [0.5, 0.6) is 0 Å². The molecule has 6 nitrogen and oxygen atoms in total. The number of hydrogen-bond acceptors (Lipinski definition) is 4. The summed E-state index contributed by atoms with van der Waals surface area (Å²) < 4.78 is 5.49. The van der Waals surface area contributed by atoms with Gasteiger partial charge in [-0.3, -0.25) is 4.79 Å². The SMILES string of the molecule is CC(C)(CC(N)=O)NCC1CCCCN1C(=O)OC(C)(C)C. The van der Waals surface area contributed by atoms with E-state index < -0.39 is 5.60 Å². The molecule has 1 saturated heterocycles. The van der Waals surface area contributed by atoms with Gasteiger partial charge < -0.3 is 20.7 Å². The third-order valence-electron chi connectivity index (χ3n) is 3.69. The summed E-state index contributed by atoms with van der Waals surface area (Å²) in [5, 5.41) is 3.36. The Morgan fingerprint density at radius 2 is 1.86 bits per heavy atom. The summed E-state index contributed by atoms with van der Waals surface area (Å²) >= 11 is 0. The molecule has 0 spiro atoms. The first-order chi connectivity index (χ1) is 10.0. The molecule has 1 heterocycles. The minimum atomic E-state index is -0.488. The van der Waals surface area contributed by atoms with Gasteiger partial charge in [0.2, 0.25) is 5.91 Å². The van der Waals surface area contributed by atoms with Crippen LogP contribution in [-0.2, 0) is 9.53 Å². The van der Waals surface area contributed by atoms with Crippen molar-refractivity contribution in [3.8, 4) is 0 Å². The van der Waals surface area contributed by atoms with Gasteiger partial charge in [-0.2, -0.15) is 0 Å². The van der Waals surface area contributed by atoms with Crippen LogP contribution in [0.15, 0.2) is 0 Å². The molecule has 1 unspecified atom stereocenters. The van der Waals surface area contributed by atoms with Crippen molar-refractivity contribution in [3.05, 3.63) is 0 Å². The van der Waals surface area contributed by atoms with Gasteiger partial charge in [-0.15, -0.1) is 0 Å². The Bertz CT molecular complexity index is 402. The van der Waals surface area contributed by atoms with Crippen molar-refractivity contribution in [1.29, 1.82) is 0 Å². The lowest BCUT2D eigenvalue weighted by Gasteiger charge is -2.38. The molecule has 22 heavy (non-hydrogen) atoms. The summed E-state index contributed by atoms with van der Waals surface area (Å²) in [7, 11) is 0. The maximum absolute atomic E-state index is 12.3.